The second-order valence-electron chi connectivity index (χ2n) is 3.98. The van der Waals surface area contributed by atoms with E-state index >= 15 is 0 Å². The van der Waals surface area contributed by atoms with Gasteiger partial charge in [0, 0.05) is 9.50 Å². The molecule has 0 aromatic heterocycles. The molecule has 1 amide bonds. The second kappa shape index (κ2) is 6.17. The quantitative estimate of drug-likeness (QED) is 0.879. The number of anilines is 1. The maximum Gasteiger partial charge on any atom is 0.228 e. The van der Waals surface area contributed by atoms with Crippen molar-refractivity contribution in [3.63, 3.8) is 0 Å². The van der Waals surface area contributed by atoms with Crippen LogP contribution in [0.15, 0.2) is 46.9 Å². The highest BCUT2D eigenvalue weighted by Gasteiger charge is 2.07. The molecular formula is C14H10BrClFNO. The van der Waals surface area contributed by atoms with Crippen LogP contribution in [0, 0.1) is 5.82 Å². The number of hydrogen-bond donors (Lipinski definition) is 1. The summed E-state index contributed by atoms with van der Waals surface area (Å²) in [5, 5.41) is 3.35. The van der Waals surface area contributed by atoms with Gasteiger partial charge < -0.3 is 5.32 Å². The minimum atomic E-state index is -0.315. The Kier molecular flexibility index (Phi) is 4.56. The topological polar surface area (TPSA) is 29.1 Å². The fourth-order valence-electron chi connectivity index (χ4n) is 1.57. The largest absolute Gasteiger partial charge is 0.325 e. The van der Waals surface area contributed by atoms with Gasteiger partial charge >= 0.3 is 0 Å². The zero-order chi connectivity index (χ0) is 13.8. The lowest BCUT2D eigenvalue weighted by Crippen LogP contribution is -2.14. The van der Waals surface area contributed by atoms with E-state index < -0.39 is 0 Å². The van der Waals surface area contributed by atoms with Gasteiger partial charge in [-0.05, 0) is 51.8 Å². The van der Waals surface area contributed by atoms with E-state index in [1.54, 1.807) is 30.3 Å². The van der Waals surface area contributed by atoms with Gasteiger partial charge in [0.15, 0.2) is 0 Å². The van der Waals surface area contributed by atoms with E-state index in [-0.39, 0.29) is 18.1 Å². The lowest BCUT2D eigenvalue weighted by molar-refractivity contribution is -0.115. The van der Waals surface area contributed by atoms with Crippen molar-refractivity contribution in [2.75, 3.05) is 5.32 Å². The van der Waals surface area contributed by atoms with Crippen LogP contribution in [-0.4, -0.2) is 5.91 Å². The maximum absolute atomic E-state index is 12.7. The van der Waals surface area contributed by atoms with Gasteiger partial charge in [-0.3, -0.25) is 4.79 Å². The number of amides is 1. The average Bonchev–Trinajstić information content (AvgIpc) is 2.36. The molecule has 98 valence electrons. The van der Waals surface area contributed by atoms with E-state index in [0.29, 0.717) is 15.2 Å². The summed E-state index contributed by atoms with van der Waals surface area (Å²) in [5.41, 5.74) is 1.40. The van der Waals surface area contributed by atoms with Crippen LogP contribution in [0.2, 0.25) is 5.02 Å². The zero-order valence-electron chi connectivity index (χ0n) is 9.79. The lowest BCUT2D eigenvalue weighted by atomic mass is 10.1. The highest BCUT2D eigenvalue weighted by Crippen LogP contribution is 2.25. The fourth-order valence-corrected chi connectivity index (χ4v) is 2.35. The van der Waals surface area contributed by atoms with Crippen LogP contribution in [-0.2, 0) is 11.2 Å². The van der Waals surface area contributed by atoms with Gasteiger partial charge in [-0.2, -0.15) is 0 Å². The van der Waals surface area contributed by atoms with E-state index in [0.717, 1.165) is 5.56 Å². The molecule has 2 aromatic rings. The summed E-state index contributed by atoms with van der Waals surface area (Å²) in [6.07, 6.45) is 0.190. The molecule has 0 aliphatic rings. The van der Waals surface area contributed by atoms with Gasteiger partial charge in [0.2, 0.25) is 5.91 Å². The minimum absolute atomic E-state index is 0.172. The van der Waals surface area contributed by atoms with E-state index in [2.05, 4.69) is 21.2 Å². The first-order valence-corrected chi connectivity index (χ1v) is 6.71. The van der Waals surface area contributed by atoms with Crippen molar-refractivity contribution < 1.29 is 9.18 Å². The van der Waals surface area contributed by atoms with Crippen molar-refractivity contribution in [3.05, 3.63) is 63.3 Å². The summed E-state index contributed by atoms with van der Waals surface area (Å²) < 4.78 is 13.5. The standard InChI is InChI=1S/C14H10BrClFNO/c15-12-8-10(16)3-6-13(12)18-14(19)7-9-1-4-11(17)5-2-9/h1-6,8H,7H2,(H,18,19). The number of nitrogens with one attached hydrogen (secondary N) is 1. The van der Waals surface area contributed by atoms with Crippen LogP contribution in [0.3, 0.4) is 0 Å². The van der Waals surface area contributed by atoms with Crippen LogP contribution < -0.4 is 5.32 Å². The summed E-state index contributed by atoms with van der Waals surface area (Å²) in [6.45, 7) is 0. The van der Waals surface area contributed by atoms with Gasteiger partial charge in [0.1, 0.15) is 5.82 Å². The third kappa shape index (κ3) is 4.04. The van der Waals surface area contributed by atoms with E-state index in [4.69, 9.17) is 11.6 Å². The summed E-state index contributed by atoms with van der Waals surface area (Å²) in [6, 6.07) is 11.0. The Bertz CT molecular complexity index is 601. The normalized spacial score (nSPS) is 10.3. The average molecular weight is 343 g/mol. The minimum Gasteiger partial charge on any atom is -0.325 e. The summed E-state index contributed by atoms with van der Waals surface area (Å²) in [5.74, 6) is -0.487. The zero-order valence-corrected chi connectivity index (χ0v) is 12.1. The first-order valence-electron chi connectivity index (χ1n) is 5.54. The molecule has 0 aliphatic heterocycles. The van der Waals surface area contributed by atoms with Gasteiger partial charge in [-0.1, -0.05) is 23.7 Å². The monoisotopic (exact) mass is 341 g/mol. The molecule has 1 N–H and O–H groups in total. The molecule has 2 nitrogen and oxygen atoms in total. The van der Waals surface area contributed by atoms with E-state index in [1.807, 2.05) is 0 Å². The van der Waals surface area contributed by atoms with Crippen molar-refractivity contribution in [2.24, 2.45) is 0 Å². The van der Waals surface area contributed by atoms with Gasteiger partial charge in [0.05, 0.1) is 12.1 Å². The smallest absolute Gasteiger partial charge is 0.228 e. The summed E-state index contributed by atoms with van der Waals surface area (Å²) in [4.78, 5) is 11.8. The molecule has 0 aliphatic carbocycles. The third-order valence-corrected chi connectivity index (χ3v) is 3.37. The maximum atomic E-state index is 12.7. The van der Waals surface area contributed by atoms with Crippen molar-refractivity contribution in [3.8, 4) is 0 Å². The molecule has 2 rings (SSSR count). The second-order valence-corrected chi connectivity index (χ2v) is 5.27. The van der Waals surface area contributed by atoms with Crippen LogP contribution >= 0.6 is 27.5 Å². The summed E-state index contributed by atoms with van der Waals surface area (Å²) in [7, 11) is 0. The first kappa shape index (κ1) is 14.0. The molecule has 0 saturated carbocycles. The van der Waals surface area contributed by atoms with Crippen LogP contribution in [0.1, 0.15) is 5.56 Å². The molecule has 0 heterocycles. The van der Waals surface area contributed by atoms with Crippen molar-refractivity contribution in [2.45, 2.75) is 6.42 Å². The highest BCUT2D eigenvalue weighted by atomic mass is 79.9. The highest BCUT2D eigenvalue weighted by molar-refractivity contribution is 9.10. The molecule has 19 heavy (non-hydrogen) atoms. The molecule has 0 fully saturated rings. The number of rotatable bonds is 3. The lowest BCUT2D eigenvalue weighted by Gasteiger charge is -2.07. The molecule has 0 spiro atoms. The molecule has 0 bridgehead atoms. The Balaban J connectivity index is 2.03. The van der Waals surface area contributed by atoms with Gasteiger partial charge in [0.25, 0.3) is 0 Å². The number of hydrogen-bond acceptors (Lipinski definition) is 1. The third-order valence-electron chi connectivity index (χ3n) is 2.48. The molecule has 5 heteroatoms. The van der Waals surface area contributed by atoms with Crippen LogP contribution in [0.4, 0.5) is 10.1 Å². The predicted octanol–water partition coefficient (Wildman–Crippen LogP) is 4.42. The first-order chi connectivity index (χ1) is 9.04. The van der Waals surface area contributed by atoms with Gasteiger partial charge in [-0.15, -0.1) is 0 Å². The van der Waals surface area contributed by atoms with Crippen molar-refractivity contribution in [1.29, 1.82) is 0 Å². The molecule has 0 atom stereocenters. The SMILES string of the molecule is O=C(Cc1ccc(F)cc1)Nc1ccc(Cl)cc1Br. The molecule has 2 aromatic carbocycles. The fraction of sp³-hybridized carbons (Fsp3) is 0.0714. The Morgan fingerprint density at radius 2 is 1.89 bits per heavy atom. The van der Waals surface area contributed by atoms with Gasteiger partial charge in [-0.25, -0.2) is 4.39 Å². The molecular weight excluding hydrogens is 333 g/mol. The van der Waals surface area contributed by atoms with Crippen molar-refractivity contribution >= 4 is 39.1 Å². The molecule has 0 saturated heterocycles. The number of benzene rings is 2. The number of carbonyl (C=O) groups is 1. The Morgan fingerprint density at radius 1 is 1.21 bits per heavy atom. The van der Waals surface area contributed by atoms with Crippen LogP contribution in [0.5, 0.6) is 0 Å². The van der Waals surface area contributed by atoms with E-state index in [9.17, 15) is 9.18 Å². The number of carbonyl (C=O) groups excluding carboxylic acids is 1. The number of halogens is 3. The molecule has 0 unspecified atom stereocenters. The Hall–Kier alpha value is -1.39. The predicted molar refractivity (Wildman–Crippen MR) is 77.9 cm³/mol. The summed E-state index contributed by atoms with van der Waals surface area (Å²) >= 11 is 9.14. The van der Waals surface area contributed by atoms with Crippen molar-refractivity contribution in [1.82, 2.24) is 0 Å². The Morgan fingerprint density at radius 3 is 2.53 bits per heavy atom. The van der Waals surface area contributed by atoms with Crippen LogP contribution in [0.25, 0.3) is 0 Å². The van der Waals surface area contributed by atoms with E-state index in [1.165, 1.54) is 12.1 Å². The molecule has 0 radical (unpaired) electrons. The Labute approximate surface area is 123 Å².